The van der Waals surface area contributed by atoms with Gasteiger partial charge in [-0.3, -0.25) is 0 Å². The Morgan fingerprint density at radius 3 is 2.52 bits per heavy atom. The molecule has 0 saturated heterocycles. The van der Waals surface area contributed by atoms with Crippen molar-refractivity contribution in [2.75, 3.05) is 18.6 Å². The molecule has 1 aromatic rings. The van der Waals surface area contributed by atoms with Gasteiger partial charge in [0.05, 0.1) is 5.75 Å². The number of nitrogens with one attached hydrogen (secondary N) is 1. The fourth-order valence-corrected chi connectivity index (χ4v) is 2.74. The van der Waals surface area contributed by atoms with Crippen molar-refractivity contribution in [2.24, 2.45) is 0 Å². The van der Waals surface area contributed by atoms with E-state index >= 15 is 0 Å². The molecule has 1 aromatic carbocycles. The maximum atomic E-state index is 12.2. The van der Waals surface area contributed by atoms with Crippen LogP contribution in [0.25, 0.3) is 0 Å². The van der Waals surface area contributed by atoms with Gasteiger partial charge in [-0.2, -0.15) is 0 Å². The van der Waals surface area contributed by atoms with Crippen molar-refractivity contribution in [2.45, 2.75) is 25.7 Å². The highest BCUT2D eigenvalue weighted by Crippen LogP contribution is 2.26. The van der Waals surface area contributed by atoms with Gasteiger partial charge in [0, 0.05) is 12.3 Å². The Kier molecular flexibility index (Phi) is 6.03. The summed E-state index contributed by atoms with van der Waals surface area (Å²) in [6.45, 7) is 2.47. The highest BCUT2D eigenvalue weighted by atomic mass is 32.2. The normalized spacial score (nSPS) is 14.0. The molecular formula is C13H18F3NO3S. The van der Waals surface area contributed by atoms with Gasteiger partial charge < -0.3 is 10.1 Å². The molecule has 0 spiro atoms. The zero-order chi connectivity index (χ0) is 16.1. The molecule has 4 nitrogen and oxygen atoms in total. The maximum Gasteiger partial charge on any atom is 0.573 e. The monoisotopic (exact) mass is 325 g/mol. The third kappa shape index (κ3) is 7.33. The summed E-state index contributed by atoms with van der Waals surface area (Å²) in [5.41, 5.74) is 0.440. The molecule has 0 aliphatic carbocycles. The summed E-state index contributed by atoms with van der Waals surface area (Å²) in [5, 5.41) is 3.02. The van der Waals surface area contributed by atoms with Crippen LogP contribution in [0.5, 0.6) is 5.75 Å². The number of alkyl halides is 3. The van der Waals surface area contributed by atoms with E-state index in [0.717, 1.165) is 12.7 Å². The minimum absolute atomic E-state index is 0.192. The van der Waals surface area contributed by atoms with Crippen LogP contribution in [0.2, 0.25) is 0 Å². The Bertz CT molecular complexity index is 558. The average molecular weight is 325 g/mol. The lowest BCUT2D eigenvalue weighted by Crippen LogP contribution is -2.28. The molecule has 0 aliphatic rings. The lowest BCUT2D eigenvalue weighted by atomic mass is 10.1. The third-order valence-electron chi connectivity index (χ3n) is 2.60. The topological polar surface area (TPSA) is 55.4 Å². The first-order chi connectivity index (χ1) is 9.61. The largest absolute Gasteiger partial charge is 0.573 e. The Balaban J connectivity index is 2.98. The van der Waals surface area contributed by atoms with Crippen molar-refractivity contribution in [1.82, 2.24) is 5.32 Å². The van der Waals surface area contributed by atoms with Crippen LogP contribution in [0.15, 0.2) is 24.3 Å². The quantitative estimate of drug-likeness (QED) is 0.837. The standard InChI is InChI=1S/C13H18F3NO3S/c1-3-7-17-12(9-21(2,18)19)10-5-4-6-11(8-10)20-13(14,15)16/h4-6,8,12,17H,3,7,9H2,1-2H3. The van der Waals surface area contributed by atoms with E-state index in [-0.39, 0.29) is 11.5 Å². The van der Waals surface area contributed by atoms with Crippen LogP contribution in [0.3, 0.4) is 0 Å². The Morgan fingerprint density at radius 1 is 1.33 bits per heavy atom. The molecule has 1 N–H and O–H groups in total. The molecule has 8 heteroatoms. The van der Waals surface area contributed by atoms with Crippen molar-refractivity contribution < 1.29 is 26.3 Å². The second kappa shape index (κ2) is 7.13. The van der Waals surface area contributed by atoms with Gasteiger partial charge in [-0.1, -0.05) is 19.1 Å². The molecule has 120 valence electrons. The third-order valence-corrected chi connectivity index (χ3v) is 3.54. The molecule has 1 rings (SSSR count). The lowest BCUT2D eigenvalue weighted by Gasteiger charge is -2.19. The zero-order valence-electron chi connectivity index (χ0n) is 11.8. The van der Waals surface area contributed by atoms with Crippen molar-refractivity contribution >= 4 is 9.84 Å². The van der Waals surface area contributed by atoms with Crippen molar-refractivity contribution in [1.29, 1.82) is 0 Å². The molecule has 0 saturated carbocycles. The molecule has 0 amide bonds. The first kappa shape index (κ1) is 17.8. The van der Waals surface area contributed by atoms with Gasteiger partial charge in [-0.15, -0.1) is 13.2 Å². The second-order valence-corrected chi connectivity index (χ2v) is 6.90. The SMILES string of the molecule is CCCNC(CS(C)(=O)=O)c1cccc(OC(F)(F)F)c1. The van der Waals surface area contributed by atoms with E-state index in [1.165, 1.54) is 18.2 Å². The first-order valence-corrected chi connectivity index (χ1v) is 8.43. The molecule has 1 atom stereocenters. The smallest absolute Gasteiger partial charge is 0.406 e. The molecule has 0 fully saturated rings. The highest BCUT2D eigenvalue weighted by molar-refractivity contribution is 7.90. The van der Waals surface area contributed by atoms with Crippen LogP contribution >= 0.6 is 0 Å². The van der Waals surface area contributed by atoms with Crippen LogP contribution in [0, 0.1) is 0 Å². The number of sulfone groups is 1. The summed E-state index contributed by atoms with van der Waals surface area (Å²) >= 11 is 0. The van der Waals surface area contributed by atoms with E-state index in [1.807, 2.05) is 6.92 Å². The van der Waals surface area contributed by atoms with Gasteiger partial charge in [0.2, 0.25) is 0 Å². The number of rotatable bonds is 7. The highest BCUT2D eigenvalue weighted by Gasteiger charge is 2.31. The van der Waals surface area contributed by atoms with Crippen molar-refractivity contribution in [3.05, 3.63) is 29.8 Å². The van der Waals surface area contributed by atoms with Gasteiger partial charge >= 0.3 is 6.36 Å². The number of halogens is 3. The van der Waals surface area contributed by atoms with E-state index in [4.69, 9.17) is 0 Å². The molecular weight excluding hydrogens is 307 g/mol. The van der Waals surface area contributed by atoms with E-state index in [2.05, 4.69) is 10.1 Å². The van der Waals surface area contributed by atoms with Crippen molar-refractivity contribution in [3.63, 3.8) is 0 Å². The van der Waals surface area contributed by atoms with Crippen LogP contribution in [-0.4, -0.2) is 33.3 Å². The predicted molar refractivity (Wildman–Crippen MR) is 73.9 cm³/mol. The number of hydrogen-bond donors (Lipinski definition) is 1. The van der Waals surface area contributed by atoms with Crippen LogP contribution < -0.4 is 10.1 Å². The summed E-state index contributed by atoms with van der Waals surface area (Å²) in [5.74, 6) is -0.556. The van der Waals surface area contributed by atoms with Gasteiger partial charge in [0.15, 0.2) is 0 Å². The Morgan fingerprint density at radius 2 is 2.00 bits per heavy atom. The number of ether oxygens (including phenoxy) is 1. The first-order valence-electron chi connectivity index (χ1n) is 6.37. The zero-order valence-corrected chi connectivity index (χ0v) is 12.6. The Hall–Kier alpha value is -1.28. The maximum absolute atomic E-state index is 12.2. The fraction of sp³-hybridized carbons (Fsp3) is 0.538. The molecule has 0 bridgehead atoms. The number of hydrogen-bond acceptors (Lipinski definition) is 4. The summed E-state index contributed by atoms with van der Waals surface area (Å²) in [7, 11) is -3.28. The van der Waals surface area contributed by atoms with Crippen LogP contribution in [0.4, 0.5) is 13.2 Å². The van der Waals surface area contributed by atoms with Gasteiger partial charge in [-0.25, -0.2) is 8.42 Å². The molecule has 0 heterocycles. The molecule has 21 heavy (non-hydrogen) atoms. The van der Waals surface area contributed by atoms with E-state index in [0.29, 0.717) is 12.1 Å². The van der Waals surface area contributed by atoms with E-state index in [9.17, 15) is 21.6 Å². The molecule has 1 unspecified atom stereocenters. The van der Waals surface area contributed by atoms with E-state index in [1.54, 1.807) is 6.07 Å². The summed E-state index contributed by atoms with van der Waals surface area (Å²) < 4.78 is 63.4. The summed E-state index contributed by atoms with van der Waals surface area (Å²) in [6, 6.07) is 4.78. The molecule has 0 aromatic heterocycles. The second-order valence-electron chi connectivity index (χ2n) is 4.72. The predicted octanol–water partition coefficient (Wildman–Crippen LogP) is 2.67. The van der Waals surface area contributed by atoms with Gasteiger partial charge in [0.1, 0.15) is 15.6 Å². The summed E-state index contributed by atoms with van der Waals surface area (Å²) in [4.78, 5) is 0. The average Bonchev–Trinajstić information content (AvgIpc) is 2.31. The lowest BCUT2D eigenvalue weighted by molar-refractivity contribution is -0.274. The fourth-order valence-electron chi connectivity index (χ4n) is 1.82. The van der Waals surface area contributed by atoms with Gasteiger partial charge in [-0.05, 0) is 30.7 Å². The van der Waals surface area contributed by atoms with Crippen LogP contribution in [0.1, 0.15) is 24.9 Å². The molecule has 0 radical (unpaired) electrons. The van der Waals surface area contributed by atoms with E-state index < -0.39 is 22.2 Å². The molecule has 0 aliphatic heterocycles. The van der Waals surface area contributed by atoms with Crippen molar-refractivity contribution in [3.8, 4) is 5.75 Å². The Labute approximate surface area is 122 Å². The number of benzene rings is 1. The van der Waals surface area contributed by atoms with Gasteiger partial charge in [0.25, 0.3) is 0 Å². The summed E-state index contributed by atoms with van der Waals surface area (Å²) in [6.07, 6.45) is -2.91. The van der Waals surface area contributed by atoms with Crippen LogP contribution in [-0.2, 0) is 9.84 Å². The minimum atomic E-state index is -4.78. The minimum Gasteiger partial charge on any atom is -0.406 e.